The van der Waals surface area contributed by atoms with Crippen LogP contribution >= 0.6 is 11.3 Å². The first kappa shape index (κ1) is 10.0. The summed E-state index contributed by atoms with van der Waals surface area (Å²) in [6, 6.07) is 4.12. The van der Waals surface area contributed by atoms with Gasteiger partial charge in [-0.2, -0.15) is 0 Å². The van der Waals surface area contributed by atoms with Crippen LogP contribution in [0.2, 0.25) is 0 Å². The average molecular weight is 236 g/mol. The predicted molar refractivity (Wildman–Crippen MR) is 60.0 cm³/mol. The molecule has 0 fully saturated rings. The molecule has 0 amide bonds. The molecule has 1 N–H and O–H groups in total. The van der Waals surface area contributed by atoms with Gasteiger partial charge in [0, 0.05) is 4.88 Å². The Hall–Kier alpha value is -1.17. The van der Waals surface area contributed by atoms with Crippen molar-refractivity contribution in [2.45, 2.75) is 25.9 Å². The third-order valence-corrected chi connectivity index (χ3v) is 3.79. The Labute approximate surface area is 97.1 Å². The number of aliphatic hydroxyl groups excluding tert-OH is 1. The fourth-order valence-electron chi connectivity index (χ4n) is 1.96. The Morgan fingerprint density at radius 1 is 1.62 bits per heavy atom. The molecule has 1 aliphatic heterocycles. The van der Waals surface area contributed by atoms with Gasteiger partial charge in [-0.1, -0.05) is 6.07 Å². The second-order valence-corrected chi connectivity index (χ2v) is 4.74. The van der Waals surface area contributed by atoms with E-state index >= 15 is 0 Å². The molecule has 0 spiro atoms. The molecular formula is C11H12N2O2S. The minimum Gasteiger partial charge on any atom is -0.390 e. The Morgan fingerprint density at radius 2 is 2.56 bits per heavy atom. The molecule has 4 nitrogen and oxygen atoms in total. The topological polar surface area (TPSA) is 47.3 Å². The van der Waals surface area contributed by atoms with Gasteiger partial charge in [0.25, 0.3) is 0 Å². The molecule has 84 valence electrons. The van der Waals surface area contributed by atoms with Crippen LogP contribution in [0.25, 0.3) is 0 Å². The van der Waals surface area contributed by atoms with Gasteiger partial charge >= 0.3 is 0 Å². The monoisotopic (exact) mass is 236 g/mol. The maximum atomic E-state index is 9.10. The SMILES string of the molecule is OCc1ncn2c1CO[C@@H](c1cccs1)C2. The minimum absolute atomic E-state index is 0.0185. The molecule has 0 radical (unpaired) electrons. The second kappa shape index (κ2) is 4.01. The average Bonchev–Trinajstić information content (AvgIpc) is 2.97. The Morgan fingerprint density at radius 3 is 3.31 bits per heavy atom. The van der Waals surface area contributed by atoms with Crippen LogP contribution in [0.4, 0.5) is 0 Å². The van der Waals surface area contributed by atoms with Crippen LogP contribution in [-0.4, -0.2) is 14.7 Å². The molecule has 0 bridgehead atoms. The predicted octanol–water partition coefficient (Wildman–Crippen LogP) is 1.71. The van der Waals surface area contributed by atoms with E-state index < -0.39 is 0 Å². The van der Waals surface area contributed by atoms with E-state index in [-0.39, 0.29) is 12.7 Å². The first-order valence-corrected chi connectivity index (χ1v) is 6.05. The van der Waals surface area contributed by atoms with Crippen LogP contribution < -0.4 is 0 Å². The highest BCUT2D eigenvalue weighted by molar-refractivity contribution is 7.10. The van der Waals surface area contributed by atoms with Crippen molar-refractivity contribution in [2.24, 2.45) is 0 Å². The molecule has 16 heavy (non-hydrogen) atoms. The molecule has 1 atom stereocenters. The summed E-state index contributed by atoms with van der Waals surface area (Å²) in [5.74, 6) is 0. The van der Waals surface area contributed by atoms with Crippen molar-refractivity contribution < 1.29 is 9.84 Å². The van der Waals surface area contributed by atoms with Gasteiger partial charge in [-0.05, 0) is 11.4 Å². The van der Waals surface area contributed by atoms with E-state index in [2.05, 4.69) is 21.0 Å². The Kier molecular flexibility index (Phi) is 2.51. The summed E-state index contributed by atoms with van der Waals surface area (Å²) in [4.78, 5) is 5.41. The maximum Gasteiger partial charge on any atom is 0.110 e. The van der Waals surface area contributed by atoms with Gasteiger partial charge in [0.1, 0.15) is 6.10 Å². The summed E-state index contributed by atoms with van der Waals surface area (Å²) in [5.41, 5.74) is 1.72. The molecule has 0 saturated heterocycles. The molecule has 0 aromatic carbocycles. The van der Waals surface area contributed by atoms with Crippen molar-refractivity contribution in [3.05, 3.63) is 40.1 Å². The van der Waals surface area contributed by atoms with E-state index in [1.54, 1.807) is 17.7 Å². The highest BCUT2D eigenvalue weighted by Crippen LogP contribution is 2.30. The van der Waals surface area contributed by atoms with Gasteiger partial charge in [0.05, 0.1) is 37.5 Å². The summed E-state index contributed by atoms with van der Waals surface area (Å²) in [7, 11) is 0. The molecule has 0 aliphatic carbocycles. The first-order chi connectivity index (χ1) is 7.88. The maximum absolute atomic E-state index is 9.10. The van der Waals surface area contributed by atoms with Crippen LogP contribution in [0.3, 0.4) is 0 Å². The van der Waals surface area contributed by atoms with Gasteiger partial charge in [-0.15, -0.1) is 11.3 Å². The van der Waals surface area contributed by atoms with E-state index in [4.69, 9.17) is 9.84 Å². The highest BCUT2D eigenvalue weighted by atomic mass is 32.1. The fourth-order valence-corrected chi connectivity index (χ4v) is 2.73. The smallest absolute Gasteiger partial charge is 0.110 e. The van der Waals surface area contributed by atoms with Crippen molar-refractivity contribution in [3.63, 3.8) is 0 Å². The number of hydrogen-bond acceptors (Lipinski definition) is 4. The lowest BCUT2D eigenvalue weighted by Crippen LogP contribution is -2.20. The van der Waals surface area contributed by atoms with E-state index in [1.165, 1.54) is 4.88 Å². The lowest BCUT2D eigenvalue weighted by atomic mass is 10.2. The van der Waals surface area contributed by atoms with E-state index in [0.717, 1.165) is 17.9 Å². The number of hydrogen-bond donors (Lipinski definition) is 1. The van der Waals surface area contributed by atoms with E-state index in [0.29, 0.717) is 6.61 Å². The van der Waals surface area contributed by atoms with E-state index in [1.807, 2.05) is 6.07 Å². The Bertz CT molecular complexity index is 478. The van der Waals surface area contributed by atoms with Crippen molar-refractivity contribution in [1.82, 2.24) is 9.55 Å². The molecular weight excluding hydrogens is 224 g/mol. The zero-order valence-electron chi connectivity index (χ0n) is 8.67. The summed E-state index contributed by atoms with van der Waals surface area (Å²) >= 11 is 1.71. The lowest BCUT2D eigenvalue weighted by molar-refractivity contribution is 0.00417. The van der Waals surface area contributed by atoms with Crippen LogP contribution in [0.1, 0.15) is 22.4 Å². The van der Waals surface area contributed by atoms with Crippen molar-refractivity contribution in [3.8, 4) is 0 Å². The zero-order chi connectivity index (χ0) is 11.0. The molecule has 3 rings (SSSR count). The molecule has 1 aliphatic rings. The number of aromatic nitrogens is 2. The summed E-state index contributed by atoms with van der Waals surface area (Å²) in [5, 5.41) is 11.2. The largest absolute Gasteiger partial charge is 0.390 e. The summed E-state index contributed by atoms with van der Waals surface area (Å²) in [6.45, 7) is 1.29. The number of imidazole rings is 1. The van der Waals surface area contributed by atoms with Crippen LogP contribution in [0.5, 0.6) is 0 Å². The number of nitrogens with zero attached hydrogens (tertiary/aromatic N) is 2. The first-order valence-electron chi connectivity index (χ1n) is 5.17. The van der Waals surface area contributed by atoms with Gasteiger partial charge in [0.2, 0.25) is 0 Å². The molecule has 0 unspecified atom stereocenters. The quantitative estimate of drug-likeness (QED) is 0.863. The lowest BCUT2D eigenvalue weighted by Gasteiger charge is -2.24. The summed E-state index contributed by atoms with van der Waals surface area (Å²) < 4.78 is 7.86. The Balaban J connectivity index is 1.87. The number of ether oxygens (including phenoxy) is 1. The molecule has 3 heterocycles. The minimum atomic E-state index is -0.0185. The van der Waals surface area contributed by atoms with Crippen LogP contribution in [0.15, 0.2) is 23.8 Å². The third kappa shape index (κ3) is 1.57. The molecule has 2 aromatic rings. The normalized spacial score (nSPS) is 19.7. The van der Waals surface area contributed by atoms with Crippen LogP contribution in [0, 0.1) is 0 Å². The zero-order valence-corrected chi connectivity index (χ0v) is 9.48. The number of fused-ring (bicyclic) bond motifs is 1. The standard InChI is InChI=1S/C11H12N2O2S/c14-5-8-9-6-15-10(4-13(9)7-12-8)11-2-1-3-16-11/h1-3,7,10,14H,4-6H2/t10-/m1/s1. The number of rotatable bonds is 2. The highest BCUT2D eigenvalue weighted by Gasteiger charge is 2.23. The van der Waals surface area contributed by atoms with E-state index in [9.17, 15) is 0 Å². The molecule has 2 aromatic heterocycles. The van der Waals surface area contributed by atoms with Gasteiger partial charge < -0.3 is 14.4 Å². The third-order valence-electron chi connectivity index (χ3n) is 2.83. The van der Waals surface area contributed by atoms with Crippen molar-refractivity contribution in [2.75, 3.05) is 0 Å². The van der Waals surface area contributed by atoms with Crippen LogP contribution in [-0.2, 0) is 24.5 Å². The second-order valence-electron chi connectivity index (χ2n) is 3.76. The van der Waals surface area contributed by atoms with Gasteiger partial charge in [-0.25, -0.2) is 4.98 Å². The fraction of sp³-hybridized carbons (Fsp3) is 0.364. The number of thiophene rings is 1. The van der Waals surface area contributed by atoms with Gasteiger partial charge in [-0.3, -0.25) is 0 Å². The molecule has 5 heteroatoms. The van der Waals surface area contributed by atoms with Crippen molar-refractivity contribution in [1.29, 1.82) is 0 Å². The summed E-state index contributed by atoms with van der Waals surface area (Å²) in [6.07, 6.45) is 1.90. The number of aliphatic hydroxyl groups is 1. The molecule has 0 saturated carbocycles. The van der Waals surface area contributed by atoms with Gasteiger partial charge in [0.15, 0.2) is 0 Å². The van der Waals surface area contributed by atoms with Crippen molar-refractivity contribution >= 4 is 11.3 Å².